The van der Waals surface area contributed by atoms with Crippen LogP contribution in [0.2, 0.25) is 0 Å². The molecular formula is C19H23FN2O2S. The fourth-order valence-electron chi connectivity index (χ4n) is 3.23. The van der Waals surface area contributed by atoms with E-state index in [9.17, 15) is 9.18 Å². The number of morpholine rings is 1. The van der Waals surface area contributed by atoms with E-state index in [1.54, 1.807) is 23.5 Å². The van der Waals surface area contributed by atoms with Gasteiger partial charge in [0.05, 0.1) is 25.7 Å². The molecule has 1 saturated heterocycles. The number of amides is 1. The van der Waals surface area contributed by atoms with Crippen LogP contribution in [0.1, 0.15) is 23.4 Å². The third-order valence-corrected chi connectivity index (χ3v) is 5.36. The van der Waals surface area contributed by atoms with Gasteiger partial charge >= 0.3 is 0 Å². The van der Waals surface area contributed by atoms with Gasteiger partial charge in [-0.25, -0.2) is 4.39 Å². The summed E-state index contributed by atoms with van der Waals surface area (Å²) in [5.41, 5.74) is 0.810. The molecule has 2 aromatic rings. The van der Waals surface area contributed by atoms with Crippen molar-refractivity contribution in [2.75, 3.05) is 26.3 Å². The van der Waals surface area contributed by atoms with Crippen molar-refractivity contribution >= 4 is 17.2 Å². The van der Waals surface area contributed by atoms with Gasteiger partial charge in [-0.3, -0.25) is 9.69 Å². The molecule has 0 radical (unpaired) electrons. The highest BCUT2D eigenvalue weighted by Crippen LogP contribution is 2.29. The minimum absolute atomic E-state index is 0.0234. The molecule has 0 aliphatic carbocycles. The number of halogens is 1. The molecule has 2 atom stereocenters. The maximum absolute atomic E-state index is 13.0. The Labute approximate surface area is 151 Å². The van der Waals surface area contributed by atoms with Crippen LogP contribution in [0, 0.1) is 5.82 Å². The summed E-state index contributed by atoms with van der Waals surface area (Å²) in [6.07, 6.45) is 0.255. The Balaban J connectivity index is 1.66. The number of hydrogen-bond acceptors (Lipinski definition) is 4. The largest absolute Gasteiger partial charge is 0.379 e. The van der Waals surface area contributed by atoms with E-state index in [4.69, 9.17) is 4.74 Å². The summed E-state index contributed by atoms with van der Waals surface area (Å²) in [6, 6.07) is 10.3. The van der Waals surface area contributed by atoms with Crippen LogP contribution in [0.15, 0.2) is 41.8 Å². The Kier molecular flexibility index (Phi) is 6.18. The molecule has 0 spiro atoms. The molecular weight excluding hydrogens is 339 g/mol. The molecule has 1 aromatic carbocycles. The van der Waals surface area contributed by atoms with Crippen LogP contribution < -0.4 is 5.32 Å². The Bertz CT molecular complexity index is 669. The zero-order valence-corrected chi connectivity index (χ0v) is 15.1. The second-order valence-corrected chi connectivity index (χ2v) is 7.25. The minimum Gasteiger partial charge on any atom is -0.379 e. The predicted molar refractivity (Wildman–Crippen MR) is 97.2 cm³/mol. The first kappa shape index (κ1) is 18.0. The number of thiophene rings is 1. The fraction of sp³-hybridized carbons (Fsp3) is 0.421. The van der Waals surface area contributed by atoms with E-state index in [1.807, 2.05) is 13.0 Å². The SMILES string of the molecule is CC(NC(=O)Cc1ccc(F)cc1)C(c1cccs1)N1CCOCC1. The van der Waals surface area contributed by atoms with Gasteiger partial charge < -0.3 is 10.1 Å². The van der Waals surface area contributed by atoms with Gasteiger partial charge in [0, 0.05) is 24.0 Å². The summed E-state index contributed by atoms with van der Waals surface area (Å²) in [4.78, 5) is 16.0. The maximum Gasteiger partial charge on any atom is 0.224 e. The van der Waals surface area contributed by atoms with E-state index >= 15 is 0 Å². The summed E-state index contributed by atoms with van der Waals surface area (Å²) in [7, 11) is 0. The van der Waals surface area contributed by atoms with E-state index in [-0.39, 0.29) is 30.2 Å². The molecule has 134 valence electrons. The van der Waals surface area contributed by atoms with Crippen molar-refractivity contribution < 1.29 is 13.9 Å². The Morgan fingerprint density at radius 1 is 1.28 bits per heavy atom. The van der Waals surface area contributed by atoms with Gasteiger partial charge in [-0.1, -0.05) is 18.2 Å². The Morgan fingerprint density at radius 2 is 2.00 bits per heavy atom. The molecule has 1 aliphatic rings. The first-order valence-electron chi connectivity index (χ1n) is 8.52. The van der Waals surface area contributed by atoms with Crippen molar-refractivity contribution in [1.82, 2.24) is 10.2 Å². The molecule has 2 unspecified atom stereocenters. The number of carbonyl (C=O) groups excluding carboxylic acids is 1. The highest BCUT2D eigenvalue weighted by atomic mass is 32.1. The normalized spacial score (nSPS) is 17.8. The van der Waals surface area contributed by atoms with Gasteiger partial charge in [0.15, 0.2) is 0 Å². The topological polar surface area (TPSA) is 41.6 Å². The number of benzene rings is 1. The van der Waals surface area contributed by atoms with Crippen molar-refractivity contribution in [1.29, 1.82) is 0 Å². The maximum atomic E-state index is 13.0. The first-order chi connectivity index (χ1) is 12.1. The molecule has 0 saturated carbocycles. The lowest BCUT2D eigenvalue weighted by molar-refractivity contribution is -0.121. The fourth-order valence-corrected chi connectivity index (χ4v) is 4.19. The Morgan fingerprint density at radius 3 is 2.64 bits per heavy atom. The van der Waals surface area contributed by atoms with Gasteiger partial charge in [0.2, 0.25) is 5.91 Å². The van der Waals surface area contributed by atoms with Gasteiger partial charge in [0.25, 0.3) is 0 Å². The molecule has 2 heterocycles. The summed E-state index contributed by atoms with van der Waals surface area (Å²) in [6.45, 7) is 5.21. The lowest BCUT2D eigenvalue weighted by atomic mass is 10.0. The third kappa shape index (κ3) is 4.87. The van der Waals surface area contributed by atoms with Crippen LogP contribution in [0.3, 0.4) is 0 Å². The van der Waals surface area contributed by atoms with Gasteiger partial charge in [-0.05, 0) is 36.1 Å². The van der Waals surface area contributed by atoms with Gasteiger partial charge in [-0.2, -0.15) is 0 Å². The van der Waals surface area contributed by atoms with Gasteiger partial charge in [0.1, 0.15) is 5.82 Å². The van der Waals surface area contributed by atoms with Crippen molar-refractivity contribution in [3.63, 3.8) is 0 Å². The summed E-state index contributed by atoms with van der Waals surface area (Å²) >= 11 is 1.71. The molecule has 3 rings (SSSR count). The average Bonchev–Trinajstić information content (AvgIpc) is 3.12. The highest BCUT2D eigenvalue weighted by molar-refractivity contribution is 7.10. The van der Waals surface area contributed by atoms with Crippen LogP contribution in [0.5, 0.6) is 0 Å². The number of hydrogen-bond donors (Lipinski definition) is 1. The van der Waals surface area contributed by atoms with Crippen LogP contribution in [0.4, 0.5) is 4.39 Å². The summed E-state index contributed by atoms with van der Waals surface area (Å²) in [5, 5.41) is 5.19. The molecule has 4 nitrogen and oxygen atoms in total. The molecule has 6 heteroatoms. The van der Waals surface area contributed by atoms with Crippen LogP contribution in [-0.2, 0) is 16.0 Å². The van der Waals surface area contributed by atoms with E-state index < -0.39 is 0 Å². The summed E-state index contributed by atoms with van der Waals surface area (Å²) < 4.78 is 18.4. The lowest BCUT2D eigenvalue weighted by Crippen LogP contribution is -2.48. The van der Waals surface area contributed by atoms with E-state index in [0.717, 1.165) is 31.9 Å². The first-order valence-corrected chi connectivity index (χ1v) is 9.40. The van der Waals surface area contributed by atoms with Crippen LogP contribution >= 0.6 is 11.3 Å². The molecule has 1 aromatic heterocycles. The molecule has 25 heavy (non-hydrogen) atoms. The molecule has 0 bridgehead atoms. The third-order valence-electron chi connectivity index (χ3n) is 4.41. The zero-order chi connectivity index (χ0) is 17.6. The number of carbonyl (C=O) groups is 1. The number of rotatable bonds is 6. The number of nitrogens with zero attached hydrogens (tertiary/aromatic N) is 1. The minimum atomic E-state index is -0.289. The smallest absolute Gasteiger partial charge is 0.224 e. The standard InChI is InChI=1S/C19H23FN2O2S/c1-14(21-18(23)13-15-4-6-16(20)7-5-15)19(17-3-2-12-25-17)22-8-10-24-11-9-22/h2-7,12,14,19H,8-11,13H2,1H3,(H,21,23). The summed E-state index contributed by atoms with van der Waals surface area (Å²) in [5.74, 6) is -0.337. The molecule has 1 aliphatic heterocycles. The van der Waals surface area contributed by atoms with E-state index in [1.165, 1.54) is 17.0 Å². The van der Waals surface area contributed by atoms with Crippen LogP contribution in [0.25, 0.3) is 0 Å². The second kappa shape index (κ2) is 8.56. The predicted octanol–water partition coefficient (Wildman–Crippen LogP) is 3.01. The van der Waals surface area contributed by atoms with Crippen molar-refractivity contribution in [2.45, 2.75) is 25.4 Å². The second-order valence-electron chi connectivity index (χ2n) is 6.27. The van der Waals surface area contributed by atoms with Crippen molar-refractivity contribution in [2.24, 2.45) is 0 Å². The van der Waals surface area contributed by atoms with E-state index in [0.29, 0.717) is 0 Å². The monoisotopic (exact) mass is 362 g/mol. The van der Waals surface area contributed by atoms with Crippen LogP contribution in [-0.4, -0.2) is 43.2 Å². The van der Waals surface area contributed by atoms with Crippen molar-refractivity contribution in [3.8, 4) is 0 Å². The average molecular weight is 362 g/mol. The zero-order valence-electron chi connectivity index (χ0n) is 14.3. The molecule has 1 amide bonds. The number of nitrogens with one attached hydrogen (secondary N) is 1. The quantitative estimate of drug-likeness (QED) is 0.859. The van der Waals surface area contributed by atoms with E-state index in [2.05, 4.69) is 21.7 Å². The molecule has 1 N–H and O–H groups in total. The molecule has 1 fully saturated rings. The van der Waals surface area contributed by atoms with Crippen molar-refractivity contribution in [3.05, 3.63) is 58.0 Å². The number of ether oxygens (including phenoxy) is 1. The van der Waals surface area contributed by atoms with Gasteiger partial charge in [-0.15, -0.1) is 11.3 Å². The lowest BCUT2D eigenvalue weighted by Gasteiger charge is -2.37. The Hall–Kier alpha value is -1.76. The highest BCUT2D eigenvalue weighted by Gasteiger charge is 2.29.